The van der Waals surface area contributed by atoms with Crippen LogP contribution in [0.2, 0.25) is 10.0 Å². The quantitative estimate of drug-likeness (QED) is 0.175. The van der Waals surface area contributed by atoms with Crippen LogP contribution in [0.4, 0.5) is 26.2 Å². The predicted molar refractivity (Wildman–Crippen MR) is 170 cm³/mol. The zero-order valence-electron chi connectivity index (χ0n) is 24.3. The van der Waals surface area contributed by atoms with Crippen molar-refractivity contribution in [2.75, 3.05) is 35.2 Å². The molecular formula is C32H35Cl2FN4O3. The summed E-state index contributed by atoms with van der Waals surface area (Å²) in [7, 11) is 0. The highest BCUT2D eigenvalue weighted by atomic mass is 35.5. The largest absolute Gasteiger partial charge is 0.461 e. The smallest absolute Gasteiger partial charge is 0.355 e. The number of hydrogen-bond acceptors (Lipinski definition) is 4. The fraction of sp³-hybridized carbons (Fsp3) is 0.312. The molecule has 2 amide bonds. The SMILES string of the molecule is CCOC(=O)c1cc2ccccc2n1-c1cc(Cl)c(N(CC(C)C)CC(C)C)c(NC(=O)Nc2ccc(Cl)cc2F)c1. The number of amides is 2. The molecule has 0 saturated heterocycles. The number of urea groups is 1. The van der Waals surface area contributed by atoms with Gasteiger partial charge < -0.3 is 24.8 Å². The Hall–Kier alpha value is -3.75. The molecule has 3 aromatic carbocycles. The fourth-order valence-corrected chi connectivity index (χ4v) is 5.42. The van der Waals surface area contributed by atoms with Crippen molar-refractivity contribution in [1.29, 1.82) is 0 Å². The van der Waals surface area contributed by atoms with Crippen molar-refractivity contribution in [2.45, 2.75) is 34.6 Å². The van der Waals surface area contributed by atoms with E-state index in [1.165, 1.54) is 12.1 Å². The van der Waals surface area contributed by atoms with E-state index in [4.69, 9.17) is 27.9 Å². The number of nitrogens with one attached hydrogen (secondary N) is 2. The van der Waals surface area contributed by atoms with Crippen molar-refractivity contribution in [3.05, 3.63) is 82.2 Å². The van der Waals surface area contributed by atoms with Crippen LogP contribution in [0, 0.1) is 17.7 Å². The zero-order chi connectivity index (χ0) is 30.6. The monoisotopic (exact) mass is 612 g/mol. The summed E-state index contributed by atoms with van der Waals surface area (Å²) < 4.78 is 21.6. The standard InChI is InChI=1S/C32H35Cl2FN4O3/c1-6-42-31(40)29-13-21-9-7-8-10-28(21)39(29)23-15-24(34)30(38(17-19(2)3)18-20(4)5)27(16-23)37-32(41)36-26-12-11-22(33)14-25(26)35/h7-16,19-20H,6,17-18H2,1-5H3,(H2,36,37,41). The highest BCUT2D eigenvalue weighted by Gasteiger charge is 2.24. The Kier molecular flexibility index (Phi) is 10.0. The van der Waals surface area contributed by atoms with Gasteiger partial charge in [-0.15, -0.1) is 0 Å². The van der Waals surface area contributed by atoms with Crippen molar-refractivity contribution in [3.8, 4) is 5.69 Å². The summed E-state index contributed by atoms with van der Waals surface area (Å²) in [5.41, 5.74) is 2.64. The molecule has 222 valence electrons. The molecule has 1 heterocycles. The van der Waals surface area contributed by atoms with Crippen LogP contribution < -0.4 is 15.5 Å². The summed E-state index contributed by atoms with van der Waals surface area (Å²) in [5, 5.41) is 6.89. The molecule has 10 heteroatoms. The third kappa shape index (κ3) is 7.17. The van der Waals surface area contributed by atoms with Gasteiger partial charge in [0, 0.05) is 23.5 Å². The molecule has 0 bridgehead atoms. The topological polar surface area (TPSA) is 75.6 Å². The first-order valence-electron chi connectivity index (χ1n) is 13.9. The average Bonchev–Trinajstić information content (AvgIpc) is 3.29. The minimum Gasteiger partial charge on any atom is -0.461 e. The number of aromatic nitrogens is 1. The molecule has 2 N–H and O–H groups in total. The normalized spacial score (nSPS) is 11.3. The van der Waals surface area contributed by atoms with Crippen LogP contribution in [0.25, 0.3) is 16.6 Å². The number of ether oxygens (including phenoxy) is 1. The molecule has 42 heavy (non-hydrogen) atoms. The van der Waals surface area contributed by atoms with Crippen molar-refractivity contribution in [1.82, 2.24) is 4.57 Å². The first-order chi connectivity index (χ1) is 20.0. The molecular weight excluding hydrogens is 578 g/mol. The van der Waals surface area contributed by atoms with Crippen LogP contribution in [-0.2, 0) is 4.74 Å². The number of rotatable bonds is 10. The number of para-hydroxylation sites is 1. The molecule has 4 aromatic rings. The predicted octanol–water partition coefficient (Wildman–Crippen LogP) is 9.02. The molecule has 0 aliphatic rings. The molecule has 0 saturated carbocycles. The van der Waals surface area contributed by atoms with E-state index in [1.807, 2.05) is 24.3 Å². The van der Waals surface area contributed by atoms with Gasteiger partial charge in [-0.05, 0) is 61.2 Å². The Morgan fingerprint density at radius 2 is 1.60 bits per heavy atom. The van der Waals surface area contributed by atoms with Gasteiger partial charge in [0.15, 0.2) is 0 Å². The van der Waals surface area contributed by atoms with Crippen molar-refractivity contribution in [3.63, 3.8) is 0 Å². The van der Waals surface area contributed by atoms with Gasteiger partial charge in [0.2, 0.25) is 0 Å². The lowest BCUT2D eigenvalue weighted by Crippen LogP contribution is -2.33. The maximum absolute atomic E-state index is 14.5. The third-order valence-corrected chi connectivity index (χ3v) is 6.94. The first-order valence-corrected chi connectivity index (χ1v) is 14.6. The van der Waals surface area contributed by atoms with E-state index >= 15 is 0 Å². The number of hydrogen-bond donors (Lipinski definition) is 2. The molecule has 0 atom stereocenters. The maximum Gasteiger partial charge on any atom is 0.355 e. The number of carbonyl (C=O) groups is 2. The second kappa shape index (κ2) is 13.5. The lowest BCUT2D eigenvalue weighted by Gasteiger charge is -2.31. The summed E-state index contributed by atoms with van der Waals surface area (Å²) in [6, 6.07) is 16.2. The van der Waals surface area contributed by atoms with E-state index in [1.54, 1.807) is 29.7 Å². The van der Waals surface area contributed by atoms with Crippen LogP contribution >= 0.6 is 23.2 Å². The van der Waals surface area contributed by atoms with Crippen molar-refractivity contribution >= 4 is 63.2 Å². The fourth-order valence-electron chi connectivity index (χ4n) is 4.92. The molecule has 0 fully saturated rings. The molecule has 7 nitrogen and oxygen atoms in total. The summed E-state index contributed by atoms with van der Waals surface area (Å²) in [6.45, 7) is 11.8. The van der Waals surface area contributed by atoms with Crippen LogP contribution in [0.1, 0.15) is 45.1 Å². The number of esters is 1. The van der Waals surface area contributed by atoms with Gasteiger partial charge in [0.25, 0.3) is 0 Å². The first kappa shape index (κ1) is 31.2. The zero-order valence-corrected chi connectivity index (χ0v) is 25.8. The number of anilines is 3. The minimum absolute atomic E-state index is 0.0251. The molecule has 1 aromatic heterocycles. The van der Waals surface area contributed by atoms with E-state index < -0.39 is 17.8 Å². The summed E-state index contributed by atoms with van der Waals surface area (Å²) >= 11 is 12.9. The summed E-state index contributed by atoms with van der Waals surface area (Å²) in [6.07, 6.45) is 0. The molecule has 0 radical (unpaired) electrons. The van der Waals surface area contributed by atoms with Gasteiger partial charge >= 0.3 is 12.0 Å². The Bertz CT molecular complexity index is 1590. The van der Waals surface area contributed by atoms with Gasteiger partial charge in [-0.3, -0.25) is 0 Å². The highest BCUT2D eigenvalue weighted by Crippen LogP contribution is 2.39. The summed E-state index contributed by atoms with van der Waals surface area (Å²) in [5.74, 6) is -0.550. The van der Waals surface area contributed by atoms with E-state index in [2.05, 4.69) is 43.2 Å². The number of carbonyl (C=O) groups excluding carboxylic acids is 2. The van der Waals surface area contributed by atoms with Gasteiger partial charge in [0.1, 0.15) is 11.5 Å². The number of benzene rings is 3. The maximum atomic E-state index is 14.5. The van der Waals surface area contributed by atoms with Gasteiger partial charge in [-0.2, -0.15) is 0 Å². The molecule has 0 aliphatic carbocycles. The molecule has 0 spiro atoms. The Morgan fingerprint density at radius 3 is 2.24 bits per heavy atom. The van der Waals surface area contributed by atoms with Gasteiger partial charge in [0.05, 0.1) is 39.9 Å². The Morgan fingerprint density at radius 1 is 0.929 bits per heavy atom. The summed E-state index contributed by atoms with van der Waals surface area (Å²) in [4.78, 5) is 28.4. The number of nitrogens with zero attached hydrogens (tertiary/aromatic N) is 2. The Labute approximate surface area is 255 Å². The molecule has 4 rings (SSSR count). The minimum atomic E-state index is -0.664. The third-order valence-electron chi connectivity index (χ3n) is 6.42. The van der Waals surface area contributed by atoms with Gasteiger partial charge in [-0.25, -0.2) is 14.0 Å². The van der Waals surface area contributed by atoms with Crippen LogP contribution in [-0.4, -0.2) is 36.3 Å². The highest BCUT2D eigenvalue weighted by molar-refractivity contribution is 6.34. The van der Waals surface area contributed by atoms with Crippen LogP contribution in [0.5, 0.6) is 0 Å². The second-order valence-electron chi connectivity index (χ2n) is 10.9. The molecule has 0 unspecified atom stereocenters. The lowest BCUT2D eigenvalue weighted by atomic mass is 10.1. The lowest BCUT2D eigenvalue weighted by molar-refractivity contribution is 0.0517. The second-order valence-corrected chi connectivity index (χ2v) is 11.7. The van der Waals surface area contributed by atoms with E-state index in [-0.39, 0.29) is 17.3 Å². The van der Waals surface area contributed by atoms with E-state index in [0.29, 0.717) is 52.7 Å². The van der Waals surface area contributed by atoms with Crippen LogP contribution in [0.15, 0.2) is 60.7 Å². The van der Waals surface area contributed by atoms with Crippen molar-refractivity contribution < 1.29 is 18.7 Å². The van der Waals surface area contributed by atoms with Crippen molar-refractivity contribution in [2.24, 2.45) is 11.8 Å². The van der Waals surface area contributed by atoms with E-state index in [0.717, 1.165) is 17.0 Å². The molecule has 0 aliphatic heterocycles. The number of halogens is 3. The van der Waals surface area contributed by atoms with Gasteiger partial charge in [-0.1, -0.05) is 69.1 Å². The average molecular weight is 614 g/mol. The van der Waals surface area contributed by atoms with Crippen LogP contribution in [0.3, 0.4) is 0 Å². The van der Waals surface area contributed by atoms with E-state index in [9.17, 15) is 14.0 Å². The Balaban J connectivity index is 1.88. The number of fused-ring (bicyclic) bond motifs is 1.